The Hall–Kier alpha value is -3.42. The van der Waals surface area contributed by atoms with E-state index in [0.29, 0.717) is 11.4 Å². The number of rotatable bonds is 5. The molecule has 3 rings (SSSR count). The summed E-state index contributed by atoms with van der Waals surface area (Å²) < 4.78 is 39.7. The quantitative estimate of drug-likeness (QED) is 0.696. The third kappa shape index (κ3) is 4.81. The first-order valence-electron chi connectivity index (χ1n) is 8.00. The van der Waals surface area contributed by atoms with Gasteiger partial charge < -0.3 is 5.32 Å². The zero-order chi connectivity index (χ0) is 19.3. The third-order valence-electron chi connectivity index (χ3n) is 3.68. The van der Waals surface area contributed by atoms with Crippen LogP contribution in [0, 0.1) is 0 Å². The van der Waals surface area contributed by atoms with Crippen molar-refractivity contribution >= 4 is 12.0 Å². The summed E-state index contributed by atoms with van der Waals surface area (Å²) in [5, 5.41) is 6.80. The predicted molar refractivity (Wildman–Crippen MR) is 93.7 cm³/mol. The van der Waals surface area contributed by atoms with Gasteiger partial charge in [0.05, 0.1) is 5.56 Å². The Bertz CT molecular complexity index is 950. The molecule has 0 saturated heterocycles. The first-order chi connectivity index (χ1) is 12.9. The van der Waals surface area contributed by atoms with Gasteiger partial charge in [-0.25, -0.2) is 9.67 Å². The number of amides is 1. The molecule has 0 atom stereocenters. The molecule has 3 aromatic rings. The largest absolute Gasteiger partial charge is 0.416 e. The monoisotopic (exact) mass is 372 g/mol. The lowest BCUT2D eigenvalue weighted by Crippen LogP contribution is -2.21. The molecule has 0 radical (unpaired) electrons. The molecule has 2 aromatic heterocycles. The average molecular weight is 372 g/mol. The number of carbonyl (C=O) groups is 1. The summed E-state index contributed by atoms with van der Waals surface area (Å²) in [5.74, 6) is 0.160. The molecule has 1 N–H and O–H groups in total. The topological polar surface area (TPSA) is 59.8 Å². The Morgan fingerprint density at radius 2 is 2.00 bits per heavy atom. The van der Waals surface area contributed by atoms with Crippen molar-refractivity contribution in [3.63, 3.8) is 0 Å². The first kappa shape index (κ1) is 18.4. The fraction of sp³-hybridized carbons (Fsp3) is 0.105. The van der Waals surface area contributed by atoms with E-state index < -0.39 is 17.6 Å². The van der Waals surface area contributed by atoms with E-state index in [0.717, 1.165) is 17.7 Å². The highest BCUT2D eigenvalue weighted by Crippen LogP contribution is 2.29. The molecule has 0 fully saturated rings. The normalized spacial score (nSPS) is 11.7. The SMILES string of the molecule is O=C(/C=C/c1cccc(C(F)(F)F)c1)NCc1cccnc1-n1cccn1. The van der Waals surface area contributed by atoms with Crippen LogP contribution in [0.1, 0.15) is 16.7 Å². The van der Waals surface area contributed by atoms with Crippen molar-refractivity contribution in [3.05, 3.63) is 83.8 Å². The summed E-state index contributed by atoms with van der Waals surface area (Å²) in [6.45, 7) is 0.203. The number of benzene rings is 1. The fourth-order valence-electron chi connectivity index (χ4n) is 2.40. The van der Waals surface area contributed by atoms with Crippen LogP contribution in [0.2, 0.25) is 0 Å². The molecule has 0 aliphatic carbocycles. The van der Waals surface area contributed by atoms with Gasteiger partial charge in [0, 0.05) is 36.8 Å². The number of hydrogen-bond acceptors (Lipinski definition) is 3. The second-order valence-corrected chi connectivity index (χ2v) is 5.61. The van der Waals surface area contributed by atoms with Crippen molar-refractivity contribution in [1.29, 1.82) is 0 Å². The molecule has 8 heteroatoms. The van der Waals surface area contributed by atoms with Crippen molar-refractivity contribution in [2.45, 2.75) is 12.7 Å². The molecule has 27 heavy (non-hydrogen) atoms. The summed E-state index contributed by atoms with van der Waals surface area (Å²) in [7, 11) is 0. The van der Waals surface area contributed by atoms with Gasteiger partial charge in [-0.05, 0) is 35.9 Å². The number of alkyl halides is 3. The number of hydrogen-bond donors (Lipinski definition) is 1. The van der Waals surface area contributed by atoms with Gasteiger partial charge in [0.2, 0.25) is 5.91 Å². The van der Waals surface area contributed by atoms with E-state index in [-0.39, 0.29) is 6.54 Å². The molecular weight excluding hydrogens is 357 g/mol. The second-order valence-electron chi connectivity index (χ2n) is 5.61. The van der Waals surface area contributed by atoms with Gasteiger partial charge in [-0.1, -0.05) is 18.2 Å². The molecule has 0 bridgehead atoms. The number of aromatic nitrogens is 3. The molecule has 0 saturated carbocycles. The summed E-state index contributed by atoms with van der Waals surface area (Å²) in [6.07, 6.45) is 3.09. The van der Waals surface area contributed by atoms with Crippen molar-refractivity contribution in [2.75, 3.05) is 0 Å². The van der Waals surface area contributed by atoms with Crippen LogP contribution in [0.5, 0.6) is 0 Å². The molecule has 5 nitrogen and oxygen atoms in total. The minimum Gasteiger partial charge on any atom is -0.348 e. The molecule has 0 aliphatic rings. The highest BCUT2D eigenvalue weighted by molar-refractivity contribution is 5.91. The lowest BCUT2D eigenvalue weighted by Gasteiger charge is -2.08. The van der Waals surface area contributed by atoms with E-state index in [4.69, 9.17) is 0 Å². The van der Waals surface area contributed by atoms with Gasteiger partial charge >= 0.3 is 6.18 Å². The molecule has 1 aromatic carbocycles. The summed E-state index contributed by atoms with van der Waals surface area (Å²) >= 11 is 0. The maximum Gasteiger partial charge on any atom is 0.416 e. The Kier molecular flexibility index (Phi) is 5.35. The van der Waals surface area contributed by atoms with Gasteiger partial charge in [-0.15, -0.1) is 0 Å². The Morgan fingerprint density at radius 3 is 2.74 bits per heavy atom. The van der Waals surface area contributed by atoms with Gasteiger partial charge in [0.15, 0.2) is 5.82 Å². The molecule has 138 valence electrons. The number of carbonyl (C=O) groups excluding carboxylic acids is 1. The molecule has 1 amide bonds. The van der Waals surface area contributed by atoms with Crippen LogP contribution in [0.3, 0.4) is 0 Å². The van der Waals surface area contributed by atoms with Crippen molar-refractivity contribution in [3.8, 4) is 5.82 Å². The zero-order valence-corrected chi connectivity index (χ0v) is 14.0. The molecule has 0 unspecified atom stereocenters. The van der Waals surface area contributed by atoms with Gasteiger partial charge in [0.25, 0.3) is 0 Å². The van der Waals surface area contributed by atoms with Crippen LogP contribution in [0.15, 0.2) is 67.1 Å². The summed E-state index contributed by atoms with van der Waals surface area (Å²) in [4.78, 5) is 16.3. The number of nitrogens with one attached hydrogen (secondary N) is 1. The molecule has 2 heterocycles. The maximum atomic E-state index is 12.7. The highest BCUT2D eigenvalue weighted by atomic mass is 19.4. The van der Waals surface area contributed by atoms with Crippen molar-refractivity contribution < 1.29 is 18.0 Å². The molecular formula is C19H15F3N4O. The van der Waals surface area contributed by atoms with Crippen molar-refractivity contribution in [1.82, 2.24) is 20.1 Å². The summed E-state index contributed by atoms with van der Waals surface area (Å²) in [6, 6.07) is 10.1. The minimum atomic E-state index is -4.42. The Morgan fingerprint density at radius 1 is 1.15 bits per heavy atom. The van der Waals surface area contributed by atoms with Crippen LogP contribution < -0.4 is 5.32 Å². The zero-order valence-electron chi connectivity index (χ0n) is 14.0. The lowest BCUT2D eigenvalue weighted by atomic mass is 10.1. The number of nitrogens with zero attached hydrogens (tertiary/aromatic N) is 3. The minimum absolute atomic E-state index is 0.203. The number of pyridine rings is 1. The van der Waals surface area contributed by atoms with E-state index in [1.54, 1.807) is 41.5 Å². The van der Waals surface area contributed by atoms with Crippen LogP contribution in [-0.4, -0.2) is 20.7 Å². The van der Waals surface area contributed by atoms with Crippen LogP contribution in [0.25, 0.3) is 11.9 Å². The maximum absolute atomic E-state index is 12.7. The van der Waals surface area contributed by atoms with Crippen LogP contribution in [0.4, 0.5) is 13.2 Å². The molecule has 0 aliphatic heterocycles. The Labute approximate surface area is 153 Å². The van der Waals surface area contributed by atoms with Gasteiger partial charge in [-0.2, -0.15) is 18.3 Å². The van der Waals surface area contributed by atoms with Crippen molar-refractivity contribution in [2.24, 2.45) is 0 Å². The summed E-state index contributed by atoms with van der Waals surface area (Å²) in [5.41, 5.74) is 0.282. The fourth-order valence-corrected chi connectivity index (χ4v) is 2.40. The van der Waals surface area contributed by atoms with E-state index >= 15 is 0 Å². The third-order valence-corrected chi connectivity index (χ3v) is 3.68. The second kappa shape index (κ2) is 7.86. The van der Waals surface area contributed by atoms with E-state index in [1.165, 1.54) is 24.3 Å². The van der Waals surface area contributed by atoms with E-state index in [1.807, 2.05) is 0 Å². The smallest absolute Gasteiger partial charge is 0.348 e. The standard InChI is InChI=1S/C19H15F3N4O/c20-19(21,22)16-6-1-4-14(12-16)7-8-17(27)24-13-15-5-2-9-23-18(15)26-11-3-10-25-26/h1-12H,13H2,(H,24,27)/b8-7+. The van der Waals surface area contributed by atoms with E-state index in [9.17, 15) is 18.0 Å². The van der Waals surface area contributed by atoms with Crippen LogP contribution in [-0.2, 0) is 17.5 Å². The number of halogens is 3. The average Bonchev–Trinajstić information content (AvgIpc) is 3.19. The first-order valence-corrected chi connectivity index (χ1v) is 8.00. The van der Waals surface area contributed by atoms with Gasteiger partial charge in [-0.3, -0.25) is 4.79 Å². The van der Waals surface area contributed by atoms with Crippen LogP contribution >= 0.6 is 0 Å². The molecule has 0 spiro atoms. The predicted octanol–water partition coefficient (Wildman–Crippen LogP) is 3.62. The lowest BCUT2D eigenvalue weighted by molar-refractivity contribution is -0.137. The Balaban J connectivity index is 1.65. The van der Waals surface area contributed by atoms with Gasteiger partial charge in [0.1, 0.15) is 0 Å². The van der Waals surface area contributed by atoms with E-state index in [2.05, 4.69) is 15.4 Å². The highest BCUT2D eigenvalue weighted by Gasteiger charge is 2.30.